The Morgan fingerprint density at radius 2 is 1.49 bits per heavy atom. The van der Waals surface area contributed by atoms with Gasteiger partial charge in [0.1, 0.15) is 0 Å². The molecule has 0 bridgehead atoms. The van der Waals surface area contributed by atoms with Crippen molar-refractivity contribution in [2.75, 3.05) is 0 Å². The van der Waals surface area contributed by atoms with Crippen LogP contribution in [0.15, 0.2) is 118 Å². The lowest BCUT2D eigenvalue weighted by Crippen LogP contribution is -2.18. The maximum atomic E-state index is 12.6. The van der Waals surface area contributed by atoms with Crippen molar-refractivity contribution in [1.29, 1.82) is 0 Å². The number of hydrazone groups is 1. The fraction of sp³-hybridized carbons (Fsp3) is 0. The summed E-state index contributed by atoms with van der Waals surface area (Å²) in [4.78, 5) is 33.7. The normalized spacial score (nSPS) is 11.0. The zero-order valence-corrected chi connectivity index (χ0v) is 23.4. The van der Waals surface area contributed by atoms with E-state index >= 15 is 0 Å². The van der Waals surface area contributed by atoms with E-state index in [0.717, 1.165) is 22.5 Å². The molecule has 8 nitrogen and oxygen atoms in total. The Morgan fingerprint density at radius 1 is 0.854 bits per heavy atom. The van der Waals surface area contributed by atoms with Gasteiger partial charge in [-0.05, 0) is 42.1 Å². The molecule has 0 unspecified atom stereocenters. The number of amides is 1. The van der Waals surface area contributed by atoms with Gasteiger partial charge in [-0.2, -0.15) is 5.10 Å². The third-order valence-corrected chi connectivity index (χ3v) is 7.30. The minimum Gasteiger partial charge on any atom is -0.267 e. The molecular formula is C30H19Cl2N5O3S. The Hall–Kier alpha value is -4.57. The predicted octanol–water partition coefficient (Wildman–Crippen LogP) is 7.94. The molecule has 0 radical (unpaired) electrons. The summed E-state index contributed by atoms with van der Waals surface area (Å²) < 4.78 is 0. The highest BCUT2D eigenvalue weighted by atomic mass is 35.5. The smallest absolute Gasteiger partial charge is 0.267 e. The van der Waals surface area contributed by atoms with Gasteiger partial charge in [-0.15, -0.1) is 0 Å². The summed E-state index contributed by atoms with van der Waals surface area (Å²) in [5.74, 6) is -0.561. The van der Waals surface area contributed by atoms with Crippen LogP contribution in [-0.2, 0) is 0 Å². The van der Waals surface area contributed by atoms with Crippen molar-refractivity contribution in [2.45, 2.75) is 10.1 Å². The predicted molar refractivity (Wildman–Crippen MR) is 162 cm³/mol. The van der Waals surface area contributed by atoms with Crippen LogP contribution in [0.25, 0.3) is 22.5 Å². The van der Waals surface area contributed by atoms with Gasteiger partial charge >= 0.3 is 0 Å². The molecule has 41 heavy (non-hydrogen) atoms. The summed E-state index contributed by atoms with van der Waals surface area (Å²) in [6.45, 7) is 0. The first-order chi connectivity index (χ1) is 19.9. The minimum absolute atomic E-state index is 0.133. The molecule has 1 amide bonds. The summed E-state index contributed by atoms with van der Waals surface area (Å²) in [5.41, 5.74) is 6.14. The molecule has 4 aromatic carbocycles. The second-order valence-electron chi connectivity index (χ2n) is 8.56. The highest BCUT2D eigenvalue weighted by Gasteiger charge is 2.15. The van der Waals surface area contributed by atoms with Crippen LogP contribution in [0.3, 0.4) is 0 Å². The Balaban J connectivity index is 1.49. The zero-order valence-electron chi connectivity index (χ0n) is 21.1. The largest absolute Gasteiger partial charge is 0.272 e. The van der Waals surface area contributed by atoms with Gasteiger partial charge in [0, 0.05) is 38.7 Å². The summed E-state index contributed by atoms with van der Waals surface area (Å²) in [5, 5.41) is 16.5. The Labute approximate surface area is 249 Å². The van der Waals surface area contributed by atoms with E-state index in [1.807, 2.05) is 66.7 Å². The molecule has 1 aromatic heterocycles. The first kappa shape index (κ1) is 28.0. The number of hydrogen-bond acceptors (Lipinski definition) is 7. The van der Waals surface area contributed by atoms with Gasteiger partial charge in [-0.25, -0.2) is 15.4 Å². The lowest BCUT2D eigenvalue weighted by molar-refractivity contribution is -0.384. The highest BCUT2D eigenvalue weighted by molar-refractivity contribution is 7.99. The first-order valence-electron chi connectivity index (χ1n) is 12.1. The molecule has 0 aliphatic carbocycles. The fourth-order valence-electron chi connectivity index (χ4n) is 3.82. The number of nitro groups is 1. The lowest BCUT2D eigenvalue weighted by atomic mass is 10.1. The molecule has 0 fully saturated rings. The maximum absolute atomic E-state index is 12.6. The third-order valence-electron chi connectivity index (χ3n) is 5.80. The number of carbonyl (C=O) groups is 1. The van der Waals surface area contributed by atoms with E-state index < -0.39 is 10.8 Å². The first-order valence-corrected chi connectivity index (χ1v) is 13.7. The summed E-state index contributed by atoms with van der Waals surface area (Å²) in [6.07, 6.45) is 1.33. The van der Waals surface area contributed by atoms with Crippen molar-refractivity contribution >= 4 is 52.8 Å². The molecule has 1 heterocycles. The summed E-state index contributed by atoms with van der Waals surface area (Å²) in [6, 6.07) is 30.2. The average Bonchev–Trinajstić information content (AvgIpc) is 2.98. The second kappa shape index (κ2) is 12.7. The Kier molecular flexibility index (Phi) is 8.69. The Bertz CT molecular complexity index is 1710. The van der Waals surface area contributed by atoms with Crippen molar-refractivity contribution < 1.29 is 9.72 Å². The molecule has 0 spiro atoms. The van der Waals surface area contributed by atoms with Crippen LogP contribution in [0.1, 0.15) is 15.9 Å². The van der Waals surface area contributed by atoms with Crippen LogP contribution in [0.4, 0.5) is 5.69 Å². The van der Waals surface area contributed by atoms with Crippen molar-refractivity contribution in [3.05, 3.63) is 134 Å². The number of nitrogens with zero attached hydrogens (tertiary/aromatic N) is 4. The number of aromatic nitrogens is 2. The van der Waals surface area contributed by atoms with Gasteiger partial charge in [-0.1, -0.05) is 83.9 Å². The molecule has 0 atom stereocenters. The third kappa shape index (κ3) is 6.96. The van der Waals surface area contributed by atoms with Crippen LogP contribution in [0.5, 0.6) is 0 Å². The highest BCUT2D eigenvalue weighted by Crippen LogP contribution is 2.33. The minimum atomic E-state index is -0.561. The number of nitrogens with one attached hydrogen (secondary N) is 1. The number of rotatable bonds is 8. The van der Waals surface area contributed by atoms with E-state index in [-0.39, 0.29) is 16.3 Å². The molecule has 0 aliphatic heterocycles. The molecule has 202 valence electrons. The molecule has 5 rings (SSSR count). The maximum Gasteiger partial charge on any atom is 0.272 e. The van der Waals surface area contributed by atoms with Crippen LogP contribution in [0, 0.1) is 10.1 Å². The number of benzene rings is 4. The number of hydrogen-bond donors (Lipinski definition) is 1. The fourth-order valence-corrected chi connectivity index (χ4v) is 5.16. The van der Waals surface area contributed by atoms with Crippen molar-refractivity contribution in [3.63, 3.8) is 0 Å². The quantitative estimate of drug-likeness (QED) is 0.0838. The molecule has 0 saturated heterocycles. The molecule has 5 aromatic rings. The van der Waals surface area contributed by atoms with E-state index in [1.165, 1.54) is 48.3 Å². The summed E-state index contributed by atoms with van der Waals surface area (Å²) >= 11 is 13.2. The molecular weight excluding hydrogens is 581 g/mol. The average molecular weight is 600 g/mol. The van der Waals surface area contributed by atoms with Gasteiger partial charge in [0.25, 0.3) is 11.6 Å². The molecule has 11 heteroatoms. The van der Waals surface area contributed by atoms with E-state index in [1.54, 1.807) is 6.07 Å². The number of nitro benzene ring substituents is 1. The van der Waals surface area contributed by atoms with Gasteiger partial charge < -0.3 is 0 Å². The van der Waals surface area contributed by atoms with Gasteiger partial charge in [0.2, 0.25) is 0 Å². The van der Waals surface area contributed by atoms with Crippen LogP contribution < -0.4 is 5.43 Å². The number of non-ortho nitro benzene ring substituents is 1. The summed E-state index contributed by atoms with van der Waals surface area (Å²) in [7, 11) is 0. The topological polar surface area (TPSA) is 110 Å². The van der Waals surface area contributed by atoms with E-state index in [2.05, 4.69) is 10.5 Å². The van der Waals surface area contributed by atoms with E-state index in [0.29, 0.717) is 20.6 Å². The van der Waals surface area contributed by atoms with E-state index in [4.69, 9.17) is 33.2 Å². The van der Waals surface area contributed by atoms with E-state index in [9.17, 15) is 14.9 Å². The van der Waals surface area contributed by atoms with Crippen LogP contribution >= 0.6 is 35.0 Å². The number of halogens is 2. The van der Waals surface area contributed by atoms with Gasteiger partial charge in [-0.3, -0.25) is 14.9 Å². The molecule has 1 N–H and O–H groups in total. The number of carbonyl (C=O) groups excluding carboxylic acids is 1. The van der Waals surface area contributed by atoms with Crippen LogP contribution in [0.2, 0.25) is 10.0 Å². The molecule has 0 aliphatic rings. The monoisotopic (exact) mass is 599 g/mol. The van der Waals surface area contributed by atoms with Crippen molar-refractivity contribution in [3.8, 4) is 22.5 Å². The van der Waals surface area contributed by atoms with Crippen molar-refractivity contribution in [1.82, 2.24) is 15.4 Å². The second-order valence-corrected chi connectivity index (χ2v) is 10.4. The zero-order chi connectivity index (χ0) is 28.8. The Morgan fingerprint density at radius 3 is 2.07 bits per heavy atom. The van der Waals surface area contributed by atoms with Gasteiger partial charge in [0.05, 0.1) is 33.1 Å². The van der Waals surface area contributed by atoms with Gasteiger partial charge in [0.15, 0.2) is 5.16 Å². The standard InChI is InChI=1S/C30H19Cl2N5O3S/c31-22-11-13-24(25(32)16-22)29(38)36-33-18-21-15-23(37(39)40)12-14-28(21)41-30-34-26(19-7-3-1-4-8-19)17-27(35-30)20-9-5-2-6-10-20/h1-18H,(H,36,38)/b33-18+. The molecule has 0 saturated carbocycles. The SMILES string of the molecule is O=C(N/N=C/c1cc([N+](=O)[O-])ccc1Sc1nc(-c2ccccc2)cc(-c2ccccc2)n1)c1ccc(Cl)cc1Cl. The lowest BCUT2D eigenvalue weighted by Gasteiger charge is -2.10. The van der Waals surface area contributed by atoms with Crippen LogP contribution in [-0.4, -0.2) is 27.0 Å². The van der Waals surface area contributed by atoms with Crippen molar-refractivity contribution in [2.24, 2.45) is 5.10 Å².